The standard InChI is InChI=1S/C27H26ClN3O6/c1-35-22-7-3-5-17(27(22)36-2)26-18-13-16(28)8-9-19(18)31-12-4-6-20(31)21(37-26)10-11-25(34)30-14-23(32)29-24(33)15-30/h3-9,12-13,21,26H,10-11,14-15H2,1-2H3,(H,29,32,33)/t21-,26-/m1/s1. The molecular weight excluding hydrogens is 498 g/mol. The van der Waals surface area contributed by atoms with Crippen LogP contribution in [0.2, 0.25) is 5.02 Å². The molecule has 2 aliphatic heterocycles. The summed E-state index contributed by atoms with van der Waals surface area (Å²) >= 11 is 6.43. The number of carbonyl (C=O) groups is 3. The summed E-state index contributed by atoms with van der Waals surface area (Å²) in [5.74, 6) is -0.149. The first kappa shape index (κ1) is 24.9. The number of amides is 3. The van der Waals surface area contributed by atoms with E-state index in [9.17, 15) is 14.4 Å². The lowest BCUT2D eigenvalue weighted by molar-refractivity contribution is -0.145. The average molecular weight is 524 g/mol. The van der Waals surface area contributed by atoms with E-state index in [4.69, 9.17) is 25.8 Å². The lowest BCUT2D eigenvalue weighted by Gasteiger charge is -2.27. The monoisotopic (exact) mass is 523 g/mol. The number of aromatic nitrogens is 1. The van der Waals surface area contributed by atoms with Gasteiger partial charge < -0.3 is 23.7 Å². The van der Waals surface area contributed by atoms with E-state index >= 15 is 0 Å². The van der Waals surface area contributed by atoms with Crippen molar-refractivity contribution in [3.63, 3.8) is 0 Å². The fraction of sp³-hybridized carbons (Fsp3) is 0.296. The van der Waals surface area contributed by atoms with E-state index in [2.05, 4.69) is 5.32 Å². The number of nitrogens with zero attached hydrogens (tertiary/aromatic N) is 2. The van der Waals surface area contributed by atoms with Crippen molar-refractivity contribution in [2.45, 2.75) is 25.0 Å². The zero-order chi connectivity index (χ0) is 26.1. The van der Waals surface area contributed by atoms with E-state index in [0.29, 0.717) is 22.9 Å². The van der Waals surface area contributed by atoms with Gasteiger partial charge in [0.1, 0.15) is 19.2 Å². The largest absolute Gasteiger partial charge is 0.493 e. The van der Waals surface area contributed by atoms with E-state index in [1.54, 1.807) is 14.2 Å². The van der Waals surface area contributed by atoms with E-state index in [0.717, 1.165) is 22.5 Å². The summed E-state index contributed by atoms with van der Waals surface area (Å²) < 4.78 is 20.0. The Morgan fingerprint density at radius 3 is 2.57 bits per heavy atom. The molecule has 0 saturated carbocycles. The van der Waals surface area contributed by atoms with E-state index in [1.165, 1.54) is 4.90 Å². The third-order valence-electron chi connectivity index (χ3n) is 6.58. The minimum Gasteiger partial charge on any atom is -0.493 e. The number of halogens is 1. The predicted octanol–water partition coefficient (Wildman–Crippen LogP) is 3.57. The molecule has 192 valence electrons. The van der Waals surface area contributed by atoms with Gasteiger partial charge in [-0.3, -0.25) is 19.7 Å². The number of fused-ring (bicyclic) bond motifs is 3. The van der Waals surface area contributed by atoms with Crippen LogP contribution >= 0.6 is 11.6 Å². The van der Waals surface area contributed by atoms with E-state index < -0.39 is 24.0 Å². The van der Waals surface area contributed by atoms with Gasteiger partial charge in [-0.25, -0.2) is 0 Å². The summed E-state index contributed by atoms with van der Waals surface area (Å²) in [5, 5.41) is 2.77. The summed E-state index contributed by atoms with van der Waals surface area (Å²) in [6.45, 7) is -0.278. The molecule has 5 rings (SSSR count). The molecule has 0 spiro atoms. The summed E-state index contributed by atoms with van der Waals surface area (Å²) in [6, 6.07) is 15.1. The molecule has 1 fully saturated rings. The second kappa shape index (κ2) is 10.3. The Balaban J connectivity index is 1.52. The van der Waals surface area contributed by atoms with E-state index in [-0.39, 0.29) is 25.4 Å². The topological polar surface area (TPSA) is 99.1 Å². The van der Waals surface area contributed by atoms with Gasteiger partial charge in [0.25, 0.3) is 0 Å². The number of carbonyl (C=O) groups excluding carboxylic acids is 3. The van der Waals surface area contributed by atoms with Gasteiger partial charge >= 0.3 is 0 Å². The fourth-order valence-corrected chi connectivity index (χ4v) is 5.12. The molecule has 0 radical (unpaired) electrons. The number of benzene rings is 2. The van der Waals surface area contributed by atoms with Crippen molar-refractivity contribution < 1.29 is 28.6 Å². The molecule has 3 aromatic rings. The third kappa shape index (κ3) is 4.80. The Hall–Kier alpha value is -3.82. The zero-order valence-electron chi connectivity index (χ0n) is 20.4. The molecule has 10 heteroatoms. The van der Waals surface area contributed by atoms with Gasteiger partial charge in [-0.05, 0) is 42.8 Å². The van der Waals surface area contributed by atoms with Crippen LogP contribution < -0.4 is 14.8 Å². The van der Waals surface area contributed by atoms with Crippen molar-refractivity contribution in [1.82, 2.24) is 14.8 Å². The van der Waals surface area contributed by atoms with Crippen molar-refractivity contribution in [1.29, 1.82) is 0 Å². The average Bonchev–Trinajstić information content (AvgIpc) is 3.33. The zero-order valence-corrected chi connectivity index (χ0v) is 21.2. The van der Waals surface area contributed by atoms with Crippen molar-refractivity contribution >= 4 is 29.3 Å². The number of para-hydroxylation sites is 1. The lowest BCUT2D eigenvalue weighted by atomic mass is 9.98. The maximum Gasteiger partial charge on any atom is 0.246 e. The maximum absolute atomic E-state index is 12.9. The van der Waals surface area contributed by atoms with Crippen LogP contribution in [0.3, 0.4) is 0 Å². The molecule has 0 aliphatic carbocycles. The molecule has 1 aromatic heterocycles. The number of imide groups is 1. The van der Waals surface area contributed by atoms with Crippen molar-refractivity contribution in [2.75, 3.05) is 27.3 Å². The Bertz CT molecular complexity index is 1350. The summed E-state index contributed by atoms with van der Waals surface area (Å²) in [5.41, 5.74) is 3.36. The van der Waals surface area contributed by atoms with Crippen LogP contribution in [0.5, 0.6) is 11.5 Å². The van der Waals surface area contributed by atoms with Crippen LogP contribution in [-0.4, -0.2) is 54.5 Å². The Labute approximate surface area is 218 Å². The SMILES string of the molecule is COc1cccc([C@H]2O[C@H](CCC(=O)N3CC(=O)NC(=O)C3)c3cccn3-c3ccc(Cl)cc32)c1OC. The molecule has 2 aromatic carbocycles. The van der Waals surface area contributed by atoms with Gasteiger partial charge in [-0.2, -0.15) is 0 Å². The van der Waals surface area contributed by atoms with Crippen LogP contribution in [0.1, 0.15) is 41.9 Å². The van der Waals surface area contributed by atoms with Crippen LogP contribution in [0.15, 0.2) is 54.7 Å². The Morgan fingerprint density at radius 2 is 1.84 bits per heavy atom. The lowest BCUT2D eigenvalue weighted by Crippen LogP contribution is -2.53. The van der Waals surface area contributed by atoms with Gasteiger partial charge in [-0.1, -0.05) is 23.7 Å². The number of ether oxygens (including phenoxy) is 3. The van der Waals surface area contributed by atoms with Gasteiger partial charge in [0.05, 0.1) is 31.7 Å². The van der Waals surface area contributed by atoms with Crippen molar-refractivity contribution in [3.8, 4) is 17.2 Å². The number of rotatable bonds is 6. The van der Waals surface area contributed by atoms with Gasteiger partial charge in [0.2, 0.25) is 17.7 Å². The molecule has 1 saturated heterocycles. The molecule has 2 aliphatic rings. The van der Waals surface area contributed by atoms with Crippen LogP contribution in [0.4, 0.5) is 0 Å². The molecule has 37 heavy (non-hydrogen) atoms. The van der Waals surface area contributed by atoms with Crippen LogP contribution in [-0.2, 0) is 19.1 Å². The first-order valence-electron chi connectivity index (χ1n) is 11.8. The third-order valence-corrected chi connectivity index (χ3v) is 6.81. The highest BCUT2D eigenvalue weighted by Crippen LogP contribution is 2.46. The minimum absolute atomic E-state index is 0.0927. The second-order valence-electron chi connectivity index (χ2n) is 8.85. The smallest absolute Gasteiger partial charge is 0.246 e. The Morgan fingerprint density at radius 1 is 1.05 bits per heavy atom. The first-order chi connectivity index (χ1) is 17.9. The molecule has 0 bridgehead atoms. The fourth-order valence-electron chi connectivity index (χ4n) is 4.94. The highest BCUT2D eigenvalue weighted by molar-refractivity contribution is 6.30. The molecule has 9 nitrogen and oxygen atoms in total. The highest BCUT2D eigenvalue weighted by Gasteiger charge is 2.34. The molecule has 3 heterocycles. The van der Waals surface area contributed by atoms with Crippen LogP contribution in [0, 0.1) is 0 Å². The molecule has 2 atom stereocenters. The summed E-state index contributed by atoms with van der Waals surface area (Å²) in [6.07, 6.45) is 1.30. The number of nitrogens with one attached hydrogen (secondary N) is 1. The molecular formula is C27H26ClN3O6. The normalized spacial score (nSPS) is 18.9. The number of hydrogen-bond donors (Lipinski definition) is 1. The highest BCUT2D eigenvalue weighted by atomic mass is 35.5. The summed E-state index contributed by atoms with van der Waals surface area (Å²) in [4.78, 5) is 37.7. The predicted molar refractivity (Wildman–Crippen MR) is 135 cm³/mol. The quantitative estimate of drug-likeness (QED) is 0.496. The van der Waals surface area contributed by atoms with E-state index in [1.807, 2.05) is 59.3 Å². The maximum atomic E-state index is 12.9. The van der Waals surface area contributed by atoms with Gasteiger partial charge in [0.15, 0.2) is 11.5 Å². The number of hydrogen-bond acceptors (Lipinski definition) is 6. The van der Waals surface area contributed by atoms with Gasteiger partial charge in [0, 0.05) is 28.8 Å². The minimum atomic E-state index is -0.582. The van der Waals surface area contributed by atoms with Gasteiger partial charge in [-0.15, -0.1) is 0 Å². The first-order valence-corrected chi connectivity index (χ1v) is 12.2. The Kier molecular flexibility index (Phi) is 6.90. The summed E-state index contributed by atoms with van der Waals surface area (Å²) in [7, 11) is 3.15. The number of piperazine rings is 1. The second-order valence-corrected chi connectivity index (χ2v) is 9.29. The number of methoxy groups -OCH3 is 2. The molecule has 0 unspecified atom stereocenters. The van der Waals surface area contributed by atoms with Crippen LogP contribution in [0.25, 0.3) is 5.69 Å². The van der Waals surface area contributed by atoms with Crippen molar-refractivity contribution in [2.24, 2.45) is 0 Å². The molecule has 1 N–H and O–H groups in total. The van der Waals surface area contributed by atoms with Crippen molar-refractivity contribution in [3.05, 3.63) is 76.6 Å². The molecule has 3 amide bonds.